The third kappa shape index (κ3) is 3.84. The molecule has 138 valence electrons. The quantitative estimate of drug-likeness (QED) is 0.913. The number of carbonyl (C=O) groups is 2. The highest BCUT2D eigenvalue weighted by molar-refractivity contribution is 5.99. The molecule has 0 aliphatic carbocycles. The molecule has 26 heavy (non-hydrogen) atoms. The zero-order valence-corrected chi connectivity index (χ0v) is 14.9. The van der Waals surface area contributed by atoms with E-state index in [4.69, 9.17) is 4.74 Å². The summed E-state index contributed by atoms with van der Waals surface area (Å²) in [7, 11) is 0. The summed E-state index contributed by atoms with van der Waals surface area (Å²) >= 11 is 0. The van der Waals surface area contributed by atoms with E-state index in [1.54, 1.807) is 24.5 Å². The van der Waals surface area contributed by atoms with Gasteiger partial charge in [0, 0.05) is 37.0 Å². The molecule has 7 nitrogen and oxygen atoms in total. The molecule has 0 saturated carbocycles. The Balaban J connectivity index is 1.71. The Hall–Kier alpha value is -2.90. The molecule has 2 amide bonds. The van der Waals surface area contributed by atoms with Crippen molar-refractivity contribution >= 4 is 17.7 Å². The first-order chi connectivity index (χ1) is 12.2. The molecule has 1 aliphatic heterocycles. The number of hydrogen-bond acceptors (Lipinski definition) is 4. The van der Waals surface area contributed by atoms with Gasteiger partial charge in [0.2, 0.25) is 0 Å². The van der Waals surface area contributed by atoms with Crippen molar-refractivity contribution in [2.75, 3.05) is 11.4 Å². The lowest BCUT2D eigenvalue weighted by atomic mass is 10.1. The summed E-state index contributed by atoms with van der Waals surface area (Å²) < 4.78 is 21.2. The van der Waals surface area contributed by atoms with Crippen molar-refractivity contribution in [1.29, 1.82) is 0 Å². The largest absolute Gasteiger partial charge is 0.436 e. The molecule has 0 bridgehead atoms. The van der Waals surface area contributed by atoms with Crippen molar-refractivity contribution in [3.05, 3.63) is 42.5 Å². The first kappa shape index (κ1) is 17.9. The van der Waals surface area contributed by atoms with Gasteiger partial charge in [-0.15, -0.1) is 0 Å². The van der Waals surface area contributed by atoms with Gasteiger partial charge in [0.1, 0.15) is 5.82 Å². The molecule has 8 heteroatoms. The van der Waals surface area contributed by atoms with Crippen LogP contribution in [0.3, 0.4) is 0 Å². The monoisotopic (exact) mass is 360 g/mol. The Morgan fingerprint density at radius 2 is 2.15 bits per heavy atom. The molecule has 1 saturated heterocycles. The number of anilines is 1. The van der Waals surface area contributed by atoms with Crippen LogP contribution in [0.5, 0.6) is 0 Å². The SMILES string of the molecule is CC(C)(C)NC(=O)O[C@H]1CCN(c2ccc(-n3cccn3)cc2F)C1=O. The predicted octanol–water partition coefficient (Wildman–Crippen LogP) is 2.64. The topological polar surface area (TPSA) is 76.5 Å². The second kappa shape index (κ2) is 6.78. The summed E-state index contributed by atoms with van der Waals surface area (Å²) in [4.78, 5) is 25.7. The van der Waals surface area contributed by atoms with Gasteiger partial charge in [-0.2, -0.15) is 5.10 Å². The molecule has 1 N–H and O–H groups in total. The molecule has 0 unspecified atom stereocenters. The third-order valence-corrected chi connectivity index (χ3v) is 3.87. The van der Waals surface area contributed by atoms with Gasteiger partial charge in [-0.25, -0.2) is 13.9 Å². The van der Waals surface area contributed by atoms with Gasteiger partial charge in [0.05, 0.1) is 11.4 Å². The molecular weight excluding hydrogens is 339 g/mol. The van der Waals surface area contributed by atoms with E-state index < -0.39 is 29.5 Å². The standard InChI is InChI=1S/C18H21FN4O3/c1-18(2,3)21-17(25)26-15-7-10-22(16(15)24)14-6-5-12(11-13(14)19)23-9-4-8-20-23/h4-6,8-9,11,15H,7,10H2,1-3H3,(H,21,25)/t15-/m0/s1. The highest BCUT2D eigenvalue weighted by Crippen LogP contribution is 2.27. The Morgan fingerprint density at radius 3 is 2.77 bits per heavy atom. The molecule has 0 radical (unpaired) electrons. The van der Waals surface area contributed by atoms with Crippen LogP contribution in [0.1, 0.15) is 27.2 Å². The molecular formula is C18H21FN4O3. The molecule has 2 heterocycles. The van der Waals surface area contributed by atoms with Crippen molar-refractivity contribution in [3.63, 3.8) is 0 Å². The highest BCUT2D eigenvalue weighted by atomic mass is 19.1. The zero-order valence-electron chi connectivity index (χ0n) is 14.9. The number of benzene rings is 1. The van der Waals surface area contributed by atoms with Gasteiger partial charge in [-0.3, -0.25) is 4.79 Å². The second-order valence-electron chi connectivity index (χ2n) is 7.13. The van der Waals surface area contributed by atoms with Crippen molar-refractivity contribution < 1.29 is 18.7 Å². The van der Waals surface area contributed by atoms with E-state index in [1.807, 2.05) is 20.8 Å². The van der Waals surface area contributed by atoms with E-state index in [1.165, 1.54) is 21.7 Å². The van der Waals surface area contributed by atoms with Gasteiger partial charge >= 0.3 is 6.09 Å². The number of rotatable bonds is 3. The van der Waals surface area contributed by atoms with Gasteiger partial charge in [0.15, 0.2) is 6.10 Å². The molecule has 1 atom stereocenters. The number of aromatic nitrogens is 2. The minimum atomic E-state index is -0.914. The van der Waals surface area contributed by atoms with Crippen LogP contribution in [-0.4, -0.2) is 40.0 Å². The number of hydrogen-bond donors (Lipinski definition) is 1. The van der Waals surface area contributed by atoms with Crippen molar-refractivity contribution in [2.24, 2.45) is 0 Å². The molecule has 3 rings (SSSR count). The first-order valence-corrected chi connectivity index (χ1v) is 8.34. The van der Waals surface area contributed by atoms with E-state index >= 15 is 0 Å². The molecule has 1 fully saturated rings. The van der Waals surface area contributed by atoms with Crippen LogP contribution < -0.4 is 10.2 Å². The number of halogens is 1. The van der Waals surface area contributed by atoms with Crippen LogP contribution in [0, 0.1) is 5.82 Å². The number of alkyl carbamates (subject to hydrolysis) is 1. The minimum absolute atomic E-state index is 0.160. The summed E-state index contributed by atoms with van der Waals surface area (Å²) in [5.41, 5.74) is 0.251. The van der Waals surface area contributed by atoms with E-state index in [0.717, 1.165) is 0 Å². The van der Waals surface area contributed by atoms with E-state index in [0.29, 0.717) is 12.1 Å². The lowest BCUT2D eigenvalue weighted by molar-refractivity contribution is -0.124. The molecule has 0 spiro atoms. The van der Waals surface area contributed by atoms with Crippen molar-refractivity contribution in [1.82, 2.24) is 15.1 Å². The van der Waals surface area contributed by atoms with Crippen molar-refractivity contribution in [2.45, 2.75) is 38.8 Å². The van der Waals surface area contributed by atoms with Crippen LogP contribution in [0.15, 0.2) is 36.7 Å². The molecule has 1 aliphatic rings. The van der Waals surface area contributed by atoms with Gasteiger partial charge < -0.3 is 15.0 Å². The Labute approximate surface area is 150 Å². The fourth-order valence-electron chi connectivity index (χ4n) is 2.75. The number of amides is 2. The van der Waals surface area contributed by atoms with E-state index in [9.17, 15) is 14.0 Å². The van der Waals surface area contributed by atoms with Crippen LogP contribution in [0.2, 0.25) is 0 Å². The Bertz CT molecular complexity index is 814. The van der Waals surface area contributed by atoms with Crippen LogP contribution in [0.25, 0.3) is 5.69 Å². The van der Waals surface area contributed by atoms with E-state index in [-0.39, 0.29) is 12.2 Å². The maximum Gasteiger partial charge on any atom is 0.408 e. The van der Waals surface area contributed by atoms with Gasteiger partial charge in [-0.1, -0.05) is 0 Å². The summed E-state index contributed by atoms with van der Waals surface area (Å²) in [6, 6.07) is 6.26. The normalized spacial score (nSPS) is 17.5. The first-order valence-electron chi connectivity index (χ1n) is 8.34. The number of carbonyl (C=O) groups excluding carboxylic acids is 2. The highest BCUT2D eigenvalue weighted by Gasteiger charge is 2.37. The summed E-state index contributed by atoms with van der Waals surface area (Å²) in [5, 5.41) is 6.69. The van der Waals surface area contributed by atoms with Gasteiger partial charge in [-0.05, 0) is 39.0 Å². The Kier molecular flexibility index (Phi) is 4.67. The summed E-state index contributed by atoms with van der Waals surface area (Å²) in [6.45, 7) is 5.72. The zero-order chi connectivity index (χ0) is 18.9. The smallest absolute Gasteiger partial charge is 0.408 e. The average Bonchev–Trinajstić information content (AvgIpc) is 3.17. The van der Waals surface area contributed by atoms with Crippen LogP contribution >= 0.6 is 0 Å². The van der Waals surface area contributed by atoms with Gasteiger partial charge in [0.25, 0.3) is 5.91 Å². The van der Waals surface area contributed by atoms with E-state index in [2.05, 4.69) is 10.4 Å². The maximum atomic E-state index is 14.5. The average molecular weight is 360 g/mol. The lowest BCUT2D eigenvalue weighted by Crippen LogP contribution is -2.43. The molecule has 1 aromatic carbocycles. The number of ether oxygens (including phenoxy) is 1. The van der Waals surface area contributed by atoms with Crippen molar-refractivity contribution in [3.8, 4) is 5.69 Å². The number of nitrogens with zero attached hydrogens (tertiary/aromatic N) is 3. The maximum absolute atomic E-state index is 14.5. The van der Waals surface area contributed by atoms with Crippen LogP contribution in [0.4, 0.5) is 14.9 Å². The van der Waals surface area contributed by atoms with Crippen LogP contribution in [-0.2, 0) is 9.53 Å². The summed E-state index contributed by atoms with van der Waals surface area (Å²) in [6.07, 6.45) is 2.04. The molecule has 1 aromatic heterocycles. The predicted molar refractivity (Wildman–Crippen MR) is 93.6 cm³/mol. The summed E-state index contributed by atoms with van der Waals surface area (Å²) in [5.74, 6) is -0.967. The second-order valence-corrected chi connectivity index (χ2v) is 7.13. The number of nitrogens with one attached hydrogen (secondary N) is 1. The third-order valence-electron chi connectivity index (χ3n) is 3.87. The fraction of sp³-hybridized carbons (Fsp3) is 0.389. The lowest BCUT2D eigenvalue weighted by Gasteiger charge is -2.22. The Morgan fingerprint density at radius 1 is 1.38 bits per heavy atom. The molecule has 2 aromatic rings. The minimum Gasteiger partial charge on any atom is -0.436 e. The fourth-order valence-corrected chi connectivity index (χ4v) is 2.75.